The number of hydrogen-bond acceptors (Lipinski definition) is 4. The molecule has 2 aromatic rings. The zero-order chi connectivity index (χ0) is 15.6. The van der Waals surface area contributed by atoms with Crippen LogP contribution >= 0.6 is 34.5 Å². The normalized spacial score (nSPS) is 13.3. The molecule has 0 spiro atoms. The van der Waals surface area contributed by atoms with Gasteiger partial charge in [0.05, 0.1) is 5.02 Å². The summed E-state index contributed by atoms with van der Waals surface area (Å²) in [5, 5.41) is 0.193. The van der Waals surface area contributed by atoms with Crippen molar-refractivity contribution in [2.45, 2.75) is 31.2 Å². The quantitative estimate of drug-likeness (QED) is 0.823. The zero-order valence-electron chi connectivity index (χ0n) is 11.4. The third-order valence-electron chi connectivity index (χ3n) is 2.74. The van der Waals surface area contributed by atoms with Crippen LogP contribution in [0, 0.1) is 6.92 Å². The summed E-state index contributed by atoms with van der Waals surface area (Å²) in [6.07, 6.45) is 1.82. The molecule has 0 amide bonds. The fourth-order valence-corrected chi connectivity index (χ4v) is 4.39. The molecule has 2 rings (SSSR count). The van der Waals surface area contributed by atoms with Crippen molar-refractivity contribution >= 4 is 44.6 Å². The van der Waals surface area contributed by atoms with Gasteiger partial charge in [-0.3, -0.25) is 0 Å². The fraction of sp³-hybridized carbons (Fsp3) is 0.308. The molecule has 4 nitrogen and oxygen atoms in total. The first kappa shape index (κ1) is 16.7. The lowest BCUT2D eigenvalue weighted by Gasteiger charge is -2.13. The zero-order valence-corrected chi connectivity index (χ0v) is 14.6. The Kier molecular flexibility index (Phi) is 5.27. The van der Waals surface area contributed by atoms with Crippen LogP contribution in [0.15, 0.2) is 29.3 Å². The van der Waals surface area contributed by atoms with Crippen molar-refractivity contribution in [2.75, 3.05) is 0 Å². The maximum atomic E-state index is 12.3. The van der Waals surface area contributed by atoms with E-state index < -0.39 is 10.0 Å². The summed E-state index contributed by atoms with van der Waals surface area (Å²) in [7, 11) is -3.66. The van der Waals surface area contributed by atoms with Crippen LogP contribution < -0.4 is 4.72 Å². The highest BCUT2D eigenvalue weighted by atomic mass is 35.5. The van der Waals surface area contributed by atoms with Gasteiger partial charge in [-0.05, 0) is 38.5 Å². The molecule has 2 heterocycles. The van der Waals surface area contributed by atoms with Crippen LogP contribution in [0.4, 0.5) is 0 Å². The van der Waals surface area contributed by atoms with Gasteiger partial charge in [0.2, 0.25) is 10.0 Å². The Morgan fingerprint density at radius 2 is 2.10 bits per heavy atom. The van der Waals surface area contributed by atoms with Crippen molar-refractivity contribution in [3.8, 4) is 0 Å². The number of thiophene rings is 1. The number of aryl methyl sites for hydroxylation is 1. The molecule has 0 aliphatic rings. The molecule has 0 saturated heterocycles. The van der Waals surface area contributed by atoms with E-state index in [2.05, 4.69) is 9.71 Å². The second-order valence-electron chi connectivity index (χ2n) is 4.68. The lowest BCUT2D eigenvalue weighted by Crippen LogP contribution is -2.34. The molecular weight excluding hydrogens is 351 g/mol. The first-order chi connectivity index (χ1) is 9.78. The summed E-state index contributed by atoms with van der Waals surface area (Å²) in [5.74, 6) is 0. The van der Waals surface area contributed by atoms with Gasteiger partial charge >= 0.3 is 0 Å². The molecule has 21 heavy (non-hydrogen) atoms. The van der Waals surface area contributed by atoms with Crippen molar-refractivity contribution in [3.05, 3.63) is 44.3 Å². The monoisotopic (exact) mass is 364 g/mol. The van der Waals surface area contributed by atoms with E-state index >= 15 is 0 Å². The molecule has 0 aliphatic heterocycles. The van der Waals surface area contributed by atoms with E-state index in [1.165, 1.54) is 17.1 Å². The van der Waals surface area contributed by atoms with Crippen LogP contribution in [0.2, 0.25) is 10.2 Å². The third-order valence-corrected chi connectivity index (χ3v) is 6.01. The van der Waals surface area contributed by atoms with Crippen LogP contribution in [0.25, 0.3) is 0 Å². The van der Waals surface area contributed by atoms with Crippen LogP contribution in [-0.2, 0) is 16.4 Å². The first-order valence-corrected chi connectivity index (χ1v) is 9.22. The summed E-state index contributed by atoms with van der Waals surface area (Å²) in [4.78, 5) is 6.10. The van der Waals surface area contributed by atoms with Gasteiger partial charge in [-0.25, -0.2) is 18.1 Å². The molecule has 0 saturated carbocycles. The Morgan fingerprint density at radius 3 is 2.67 bits per heavy atom. The molecule has 8 heteroatoms. The minimum atomic E-state index is -3.66. The van der Waals surface area contributed by atoms with Gasteiger partial charge in [0.1, 0.15) is 10.0 Å². The second-order valence-corrected chi connectivity index (χ2v) is 8.53. The maximum absolute atomic E-state index is 12.3. The summed E-state index contributed by atoms with van der Waals surface area (Å²) in [5.41, 5.74) is 0. The summed E-state index contributed by atoms with van der Waals surface area (Å²) < 4.78 is 27.1. The van der Waals surface area contributed by atoms with Gasteiger partial charge < -0.3 is 0 Å². The predicted molar refractivity (Wildman–Crippen MR) is 86.8 cm³/mol. The number of aromatic nitrogens is 1. The SMILES string of the molecule is Cc1ccc(CC(C)NS(=O)(=O)c2cnc(Cl)c(Cl)c2)s1. The van der Waals surface area contributed by atoms with E-state index in [0.717, 1.165) is 4.88 Å². The Bertz CT molecular complexity index is 744. The van der Waals surface area contributed by atoms with E-state index in [9.17, 15) is 8.42 Å². The number of sulfonamides is 1. The molecule has 114 valence electrons. The molecule has 0 fully saturated rings. The van der Waals surface area contributed by atoms with Crippen LogP contribution in [0.3, 0.4) is 0 Å². The van der Waals surface area contributed by atoms with Gasteiger partial charge in [-0.1, -0.05) is 23.2 Å². The number of nitrogens with one attached hydrogen (secondary N) is 1. The average Bonchev–Trinajstić information content (AvgIpc) is 2.77. The smallest absolute Gasteiger partial charge is 0.242 e. The Labute approximate surface area is 138 Å². The molecule has 0 bridgehead atoms. The lowest BCUT2D eigenvalue weighted by molar-refractivity contribution is 0.560. The highest BCUT2D eigenvalue weighted by Crippen LogP contribution is 2.22. The maximum Gasteiger partial charge on any atom is 0.242 e. The molecular formula is C13H14Cl2N2O2S2. The summed E-state index contributed by atoms with van der Waals surface area (Å²) >= 11 is 13.1. The number of halogens is 2. The minimum Gasteiger partial charge on any atom is -0.242 e. The summed E-state index contributed by atoms with van der Waals surface area (Å²) in [6, 6.07) is 5.08. The van der Waals surface area contributed by atoms with Crippen molar-refractivity contribution in [1.82, 2.24) is 9.71 Å². The third kappa shape index (κ3) is 4.40. The van der Waals surface area contributed by atoms with Crippen LogP contribution in [0.1, 0.15) is 16.7 Å². The van der Waals surface area contributed by atoms with Gasteiger partial charge in [0, 0.05) is 22.0 Å². The molecule has 1 unspecified atom stereocenters. The van der Waals surface area contributed by atoms with E-state index in [-0.39, 0.29) is 21.1 Å². The van der Waals surface area contributed by atoms with E-state index in [1.807, 2.05) is 26.0 Å². The molecule has 0 radical (unpaired) electrons. The van der Waals surface area contributed by atoms with Gasteiger partial charge in [-0.15, -0.1) is 11.3 Å². The number of rotatable bonds is 5. The van der Waals surface area contributed by atoms with E-state index in [4.69, 9.17) is 23.2 Å². The number of nitrogens with zero attached hydrogens (tertiary/aromatic N) is 1. The standard InChI is InChI=1S/C13H14Cl2N2O2S2/c1-8(5-10-4-3-9(2)20-10)17-21(18,19)11-6-12(14)13(15)16-7-11/h3-4,6-8,17H,5H2,1-2H3. The van der Waals surface area contributed by atoms with Gasteiger partial charge in [-0.2, -0.15) is 0 Å². The highest BCUT2D eigenvalue weighted by molar-refractivity contribution is 7.89. The molecule has 0 aliphatic carbocycles. The molecule has 1 atom stereocenters. The summed E-state index contributed by atoms with van der Waals surface area (Å²) in [6.45, 7) is 3.84. The lowest BCUT2D eigenvalue weighted by atomic mass is 10.2. The van der Waals surface area contributed by atoms with Gasteiger partial charge in [0.15, 0.2) is 0 Å². The predicted octanol–water partition coefficient (Wildman–Crippen LogP) is 3.67. The van der Waals surface area contributed by atoms with Crippen molar-refractivity contribution < 1.29 is 8.42 Å². The van der Waals surface area contributed by atoms with Gasteiger partial charge in [0.25, 0.3) is 0 Å². The Hall–Kier alpha value is -0.660. The Morgan fingerprint density at radius 1 is 1.38 bits per heavy atom. The average molecular weight is 365 g/mol. The second kappa shape index (κ2) is 6.62. The molecule has 0 aromatic carbocycles. The molecule has 2 aromatic heterocycles. The minimum absolute atomic E-state index is 0.00566. The van der Waals surface area contributed by atoms with Crippen molar-refractivity contribution in [3.63, 3.8) is 0 Å². The Balaban J connectivity index is 2.11. The van der Waals surface area contributed by atoms with Crippen LogP contribution in [-0.4, -0.2) is 19.4 Å². The highest BCUT2D eigenvalue weighted by Gasteiger charge is 2.19. The fourth-order valence-electron chi connectivity index (χ4n) is 1.82. The van der Waals surface area contributed by atoms with Crippen LogP contribution in [0.5, 0.6) is 0 Å². The van der Waals surface area contributed by atoms with E-state index in [0.29, 0.717) is 6.42 Å². The topological polar surface area (TPSA) is 59.1 Å². The van der Waals surface area contributed by atoms with Crippen molar-refractivity contribution in [1.29, 1.82) is 0 Å². The van der Waals surface area contributed by atoms with Crippen molar-refractivity contribution in [2.24, 2.45) is 0 Å². The largest absolute Gasteiger partial charge is 0.242 e. The van der Waals surface area contributed by atoms with E-state index in [1.54, 1.807) is 11.3 Å². The number of hydrogen-bond donors (Lipinski definition) is 1. The molecule has 1 N–H and O–H groups in total. The first-order valence-electron chi connectivity index (χ1n) is 6.16. The number of pyridine rings is 1.